The van der Waals surface area contributed by atoms with Gasteiger partial charge in [-0.2, -0.15) is 0 Å². The summed E-state index contributed by atoms with van der Waals surface area (Å²) in [5.74, 6) is 0.134. The first-order chi connectivity index (χ1) is 13.1. The van der Waals surface area contributed by atoms with Gasteiger partial charge < -0.3 is 10.2 Å². The zero-order valence-electron chi connectivity index (χ0n) is 14.3. The minimum atomic E-state index is -0.240. The molecule has 0 aliphatic rings. The van der Waals surface area contributed by atoms with Crippen molar-refractivity contribution in [3.8, 4) is 17.2 Å². The molecule has 0 fully saturated rings. The number of aromatic nitrogens is 1. The van der Waals surface area contributed by atoms with E-state index in [1.165, 1.54) is 16.7 Å². The van der Waals surface area contributed by atoms with Gasteiger partial charge in [-0.1, -0.05) is 36.4 Å². The van der Waals surface area contributed by atoms with Gasteiger partial charge in [-0.15, -0.1) is 0 Å². The minimum absolute atomic E-state index is 0.0262. The minimum Gasteiger partial charge on any atom is -0.508 e. The van der Waals surface area contributed by atoms with Gasteiger partial charge in [0.2, 0.25) is 0 Å². The van der Waals surface area contributed by atoms with Crippen LogP contribution in [0.25, 0.3) is 16.5 Å². The average Bonchev–Trinajstić information content (AvgIpc) is 2.82. The summed E-state index contributed by atoms with van der Waals surface area (Å²) in [5, 5.41) is 21.0. The fraction of sp³-hybridized carbons (Fsp3) is 0. The Morgan fingerprint density at radius 3 is 2.22 bits per heavy atom. The van der Waals surface area contributed by atoms with Gasteiger partial charge in [-0.3, -0.25) is 9.36 Å². The summed E-state index contributed by atoms with van der Waals surface area (Å²) in [7, 11) is 0. The van der Waals surface area contributed by atoms with Gasteiger partial charge in [0.25, 0.3) is 5.56 Å². The van der Waals surface area contributed by atoms with E-state index in [1.54, 1.807) is 48.5 Å². The fourth-order valence-electron chi connectivity index (χ4n) is 2.92. The van der Waals surface area contributed by atoms with Gasteiger partial charge in [0.15, 0.2) is 0 Å². The summed E-state index contributed by atoms with van der Waals surface area (Å²) in [6, 6.07) is 23.9. The summed E-state index contributed by atoms with van der Waals surface area (Å²) < 4.78 is 1.47. The molecule has 0 saturated heterocycles. The number of aromatic hydroxyl groups is 2. The third kappa shape index (κ3) is 3.18. The molecule has 0 spiro atoms. The highest BCUT2D eigenvalue weighted by Gasteiger charge is 2.07. The van der Waals surface area contributed by atoms with Crippen molar-refractivity contribution >= 4 is 16.5 Å². The number of benzene rings is 3. The van der Waals surface area contributed by atoms with E-state index in [1.807, 2.05) is 24.3 Å². The summed E-state index contributed by atoms with van der Waals surface area (Å²) in [4.78, 5) is 17.8. The largest absolute Gasteiger partial charge is 0.508 e. The number of hydrogen-bond donors (Lipinski definition) is 2. The first kappa shape index (κ1) is 16.6. The third-order valence-corrected chi connectivity index (χ3v) is 4.26. The Balaban J connectivity index is 2.15. The van der Waals surface area contributed by atoms with E-state index in [0.29, 0.717) is 22.2 Å². The lowest BCUT2D eigenvalue weighted by Gasteiger charge is -2.05. The molecule has 4 aromatic rings. The van der Waals surface area contributed by atoms with E-state index in [4.69, 9.17) is 0 Å². The molecule has 5 heteroatoms. The Morgan fingerprint density at radius 1 is 0.741 bits per heavy atom. The number of fused-ring (bicyclic) bond motifs is 1. The van der Waals surface area contributed by atoms with Crippen LogP contribution in [0.5, 0.6) is 11.5 Å². The Labute approximate surface area is 154 Å². The second kappa shape index (κ2) is 6.80. The van der Waals surface area contributed by atoms with Gasteiger partial charge in [-0.05, 0) is 53.9 Å². The summed E-state index contributed by atoms with van der Waals surface area (Å²) >= 11 is 0. The van der Waals surface area contributed by atoms with E-state index >= 15 is 0 Å². The number of nitrogens with zero attached hydrogens (tertiary/aromatic N) is 2. The predicted octanol–water partition coefficient (Wildman–Crippen LogP) is 3.63. The Kier molecular flexibility index (Phi) is 4.18. The molecule has 0 atom stereocenters. The fourth-order valence-corrected chi connectivity index (χ4v) is 2.92. The molecule has 2 N–H and O–H groups in total. The zero-order valence-corrected chi connectivity index (χ0v) is 14.3. The topological polar surface area (TPSA) is 74.8 Å². The maximum absolute atomic E-state index is 13.3. The summed E-state index contributed by atoms with van der Waals surface area (Å²) in [5.41, 5.74) is 1.05. The highest BCUT2D eigenvalue weighted by Crippen LogP contribution is 2.24. The van der Waals surface area contributed by atoms with Crippen molar-refractivity contribution in [2.45, 2.75) is 0 Å². The first-order valence-corrected chi connectivity index (χ1v) is 8.41. The zero-order chi connectivity index (χ0) is 18.8. The lowest BCUT2D eigenvalue weighted by atomic mass is 10.2. The van der Waals surface area contributed by atoms with Crippen LogP contribution in [0, 0.1) is 0 Å². The van der Waals surface area contributed by atoms with Crippen molar-refractivity contribution in [3.05, 3.63) is 101 Å². The first-order valence-electron chi connectivity index (χ1n) is 8.41. The van der Waals surface area contributed by atoms with Crippen molar-refractivity contribution in [1.29, 1.82) is 0 Å². The average molecular weight is 356 g/mol. The number of phenols is 2. The monoisotopic (exact) mass is 356 g/mol. The second-order valence-electron chi connectivity index (χ2n) is 6.04. The van der Waals surface area contributed by atoms with Gasteiger partial charge in [0.05, 0.1) is 5.69 Å². The molecule has 1 heterocycles. The maximum Gasteiger partial charge on any atom is 0.264 e. The molecule has 132 valence electrons. The third-order valence-electron chi connectivity index (χ3n) is 4.26. The van der Waals surface area contributed by atoms with Gasteiger partial charge in [0.1, 0.15) is 22.7 Å². The van der Waals surface area contributed by atoms with Crippen molar-refractivity contribution < 1.29 is 10.2 Å². The molecular weight excluding hydrogens is 340 g/mol. The summed E-state index contributed by atoms with van der Waals surface area (Å²) in [6.45, 7) is 0. The number of hydrogen-bond acceptors (Lipinski definition) is 4. The smallest absolute Gasteiger partial charge is 0.264 e. The second-order valence-corrected chi connectivity index (χ2v) is 6.04. The van der Waals surface area contributed by atoms with Crippen LogP contribution in [-0.2, 0) is 0 Å². The highest BCUT2D eigenvalue weighted by molar-refractivity contribution is 5.81. The lowest BCUT2D eigenvalue weighted by molar-refractivity contribution is 0.475. The van der Waals surface area contributed by atoms with E-state index in [0.717, 1.165) is 5.39 Å². The van der Waals surface area contributed by atoms with Crippen molar-refractivity contribution in [2.24, 2.45) is 4.99 Å². The van der Waals surface area contributed by atoms with Crippen LogP contribution < -0.4 is 11.0 Å². The maximum atomic E-state index is 13.3. The highest BCUT2D eigenvalue weighted by atomic mass is 16.3. The van der Waals surface area contributed by atoms with Gasteiger partial charge >= 0.3 is 0 Å². The molecule has 0 bridgehead atoms. The van der Waals surface area contributed by atoms with Crippen LogP contribution in [0.1, 0.15) is 0 Å². The van der Waals surface area contributed by atoms with Crippen molar-refractivity contribution in [3.63, 3.8) is 0 Å². The lowest BCUT2D eigenvalue weighted by Crippen LogP contribution is -2.28. The molecule has 0 radical (unpaired) electrons. The normalized spacial score (nSPS) is 11.6. The molecule has 3 aromatic carbocycles. The molecule has 4 rings (SSSR count). The van der Waals surface area contributed by atoms with Crippen LogP contribution in [0.15, 0.2) is 94.7 Å². The molecule has 27 heavy (non-hydrogen) atoms. The molecule has 0 aliphatic heterocycles. The number of rotatable bonds is 2. The van der Waals surface area contributed by atoms with Gasteiger partial charge in [0, 0.05) is 5.39 Å². The molecular formula is C22H16N2O3. The molecule has 1 aromatic heterocycles. The Bertz CT molecular complexity index is 1260. The molecule has 0 unspecified atom stereocenters. The van der Waals surface area contributed by atoms with Crippen LogP contribution >= 0.6 is 0 Å². The molecule has 0 saturated carbocycles. The van der Waals surface area contributed by atoms with Crippen LogP contribution in [-0.4, -0.2) is 14.8 Å². The van der Waals surface area contributed by atoms with E-state index in [-0.39, 0.29) is 17.1 Å². The van der Waals surface area contributed by atoms with Crippen LogP contribution in [0.4, 0.5) is 5.69 Å². The molecule has 0 aliphatic carbocycles. The Hall–Kier alpha value is -3.86. The van der Waals surface area contributed by atoms with E-state index in [2.05, 4.69) is 4.99 Å². The van der Waals surface area contributed by atoms with E-state index in [9.17, 15) is 15.0 Å². The standard InChI is InChI=1S/C22H16N2O3/c25-17-12-10-16(11-13-17)24-21(23-19-7-3-4-8-20(19)26)14-9-15-5-1-2-6-18(15)22(24)27/h1-14,25-26H. The number of para-hydroxylation sites is 2. The predicted molar refractivity (Wildman–Crippen MR) is 105 cm³/mol. The van der Waals surface area contributed by atoms with Crippen LogP contribution in [0.2, 0.25) is 0 Å². The summed E-state index contributed by atoms with van der Waals surface area (Å²) in [6.07, 6.45) is 0. The Morgan fingerprint density at radius 2 is 1.44 bits per heavy atom. The SMILES string of the molecule is O=c1c2ccccc2ccc(=Nc2ccccc2O)n1-c1ccc(O)cc1. The van der Waals surface area contributed by atoms with Crippen molar-refractivity contribution in [2.75, 3.05) is 0 Å². The van der Waals surface area contributed by atoms with E-state index < -0.39 is 0 Å². The van der Waals surface area contributed by atoms with Crippen molar-refractivity contribution in [1.82, 2.24) is 4.57 Å². The van der Waals surface area contributed by atoms with Crippen LogP contribution in [0.3, 0.4) is 0 Å². The number of phenolic OH excluding ortho intramolecular Hbond substituents is 2. The van der Waals surface area contributed by atoms with Gasteiger partial charge in [-0.25, -0.2) is 4.99 Å². The molecule has 0 amide bonds. The molecule has 5 nitrogen and oxygen atoms in total. The quantitative estimate of drug-likeness (QED) is 0.576.